The largest absolute Gasteiger partial charge is 0.473 e. The molecule has 0 aliphatic rings. The van der Waals surface area contributed by atoms with Gasteiger partial charge in [-0.25, -0.2) is 4.98 Å². The van der Waals surface area contributed by atoms with Crippen molar-refractivity contribution in [1.29, 1.82) is 0 Å². The Morgan fingerprint density at radius 3 is 2.63 bits per heavy atom. The highest BCUT2D eigenvalue weighted by Gasteiger charge is 2.18. The number of aliphatic hydroxyl groups is 1. The minimum atomic E-state index is -0.278. The van der Waals surface area contributed by atoms with Gasteiger partial charge in [0.05, 0.1) is 11.1 Å². The van der Waals surface area contributed by atoms with Crippen LogP contribution in [0.1, 0.15) is 35.5 Å². The van der Waals surface area contributed by atoms with Crippen LogP contribution in [0.4, 0.5) is 0 Å². The Morgan fingerprint density at radius 2 is 2.00 bits per heavy atom. The topological polar surface area (TPSA) is 97.5 Å². The molecule has 3 rings (SSSR count). The van der Waals surface area contributed by atoms with E-state index in [0.717, 1.165) is 5.56 Å². The Balaban J connectivity index is 1.73. The Kier molecular flexibility index (Phi) is 5.83. The van der Waals surface area contributed by atoms with Gasteiger partial charge >= 0.3 is 0 Å². The minimum absolute atomic E-state index is 0.0512. The van der Waals surface area contributed by atoms with E-state index in [1.54, 1.807) is 12.1 Å². The van der Waals surface area contributed by atoms with Crippen LogP contribution in [0.25, 0.3) is 11.3 Å². The first-order chi connectivity index (χ1) is 13.1. The summed E-state index contributed by atoms with van der Waals surface area (Å²) in [6.07, 6.45) is 1.46. The van der Waals surface area contributed by atoms with E-state index in [0.29, 0.717) is 28.5 Å². The summed E-state index contributed by atoms with van der Waals surface area (Å²) in [6, 6.07) is 12.9. The van der Waals surface area contributed by atoms with Gasteiger partial charge in [-0.1, -0.05) is 35.5 Å². The summed E-state index contributed by atoms with van der Waals surface area (Å²) < 4.78 is 10.9. The number of rotatable bonds is 7. The minimum Gasteiger partial charge on any atom is -0.473 e. The predicted molar refractivity (Wildman–Crippen MR) is 99.0 cm³/mol. The molecule has 0 fully saturated rings. The van der Waals surface area contributed by atoms with Gasteiger partial charge in [0.15, 0.2) is 5.76 Å². The lowest BCUT2D eigenvalue weighted by Crippen LogP contribution is -2.30. The van der Waals surface area contributed by atoms with Gasteiger partial charge in [-0.2, -0.15) is 0 Å². The molecule has 1 amide bonds. The molecule has 7 heteroatoms. The lowest BCUT2D eigenvalue weighted by Gasteiger charge is -2.09. The second kappa shape index (κ2) is 8.46. The van der Waals surface area contributed by atoms with Crippen molar-refractivity contribution >= 4 is 5.91 Å². The molecule has 2 aromatic heterocycles. The van der Waals surface area contributed by atoms with Crippen molar-refractivity contribution in [3.05, 3.63) is 65.5 Å². The van der Waals surface area contributed by atoms with Crippen LogP contribution in [0.5, 0.6) is 5.88 Å². The fourth-order valence-corrected chi connectivity index (χ4v) is 2.53. The van der Waals surface area contributed by atoms with E-state index < -0.39 is 0 Å². The fourth-order valence-electron chi connectivity index (χ4n) is 2.53. The molecule has 0 aliphatic carbocycles. The highest BCUT2D eigenvalue weighted by Crippen LogP contribution is 2.26. The number of nitrogens with one attached hydrogen (secondary N) is 1. The summed E-state index contributed by atoms with van der Waals surface area (Å²) in [6.45, 7) is 3.64. The molecule has 7 nitrogen and oxygen atoms in total. The number of benzene rings is 1. The Labute approximate surface area is 157 Å². The summed E-state index contributed by atoms with van der Waals surface area (Å²) in [5.74, 6) is 0.527. The predicted octanol–water partition coefficient (Wildman–Crippen LogP) is 2.95. The number of nitrogens with zero attached hydrogens (tertiary/aromatic N) is 2. The zero-order valence-corrected chi connectivity index (χ0v) is 15.2. The van der Waals surface area contributed by atoms with Crippen molar-refractivity contribution in [2.24, 2.45) is 0 Å². The van der Waals surface area contributed by atoms with Crippen LogP contribution in [0.3, 0.4) is 0 Å². The zero-order valence-electron chi connectivity index (χ0n) is 15.2. The van der Waals surface area contributed by atoms with Crippen molar-refractivity contribution in [2.75, 3.05) is 0 Å². The third-order valence-electron chi connectivity index (χ3n) is 3.84. The van der Waals surface area contributed by atoms with Gasteiger partial charge in [0, 0.05) is 23.9 Å². The zero-order chi connectivity index (χ0) is 19.2. The molecule has 0 unspecified atom stereocenters. The summed E-state index contributed by atoms with van der Waals surface area (Å²) >= 11 is 0. The molecule has 0 atom stereocenters. The molecule has 0 saturated carbocycles. The lowest BCUT2D eigenvalue weighted by molar-refractivity contribution is 0.0942. The average Bonchev–Trinajstić information content (AvgIpc) is 3.10. The highest BCUT2D eigenvalue weighted by molar-refractivity contribution is 5.94. The van der Waals surface area contributed by atoms with E-state index in [4.69, 9.17) is 9.26 Å². The Morgan fingerprint density at radius 1 is 1.22 bits per heavy atom. The maximum absolute atomic E-state index is 12.0. The quantitative estimate of drug-likeness (QED) is 0.666. The molecule has 2 heterocycles. The number of hydrogen-bond donors (Lipinski definition) is 2. The molecule has 1 aromatic carbocycles. The highest BCUT2D eigenvalue weighted by atomic mass is 16.5. The van der Waals surface area contributed by atoms with E-state index in [2.05, 4.69) is 15.5 Å². The van der Waals surface area contributed by atoms with E-state index in [9.17, 15) is 9.90 Å². The van der Waals surface area contributed by atoms with Gasteiger partial charge in [0.1, 0.15) is 18.9 Å². The van der Waals surface area contributed by atoms with Crippen molar-refractivity contribution in [3.63, 3.8) is 0 Å². The van der Waals surface area contributed by atoms with Gasteiger partial charge < -0.3 is 19.7 Å². The van der Waals surface area contributed by atoms with E-state index in [1.807, 2.05) is 44.2 Å². The number of ether oxygens (including phenoxy) is 1. The van der Waals surface area contributed by atoms with Gasteiger partial charge in [-0.3, -0.25) is 4.79 Å². The SMILES string of the molecule is CC(C)NC(=O)c1ccc(OCc2c(-c3ccccc3)noc2CO)nc1. The van der Waals surface area contributed by atoms with Crippen LogP contribution in [-0.4, -0.2) is 27.2 Å². The van der Waals surface area contributed by atoms with Crippen LogP contribution >= 0.6 is 0 Å². The van der Waals surface area contributed by atoms with E-state index >= 15 is 0 Å². The molecule has 0 aliphatic heterocycles. The van der Waals surface area contributed by atoms with Crippen LogP contribution in [-0.2, 0) is 13.2 Å². The molecular formula is C20H21N3O4. The van der Waals surface area contributed by atoms with Gasteiger partial charge in [-0.05, 0) is 19.9 Å². The monoisotopic (exact) mass is 367 g/mol. The van der Waals surface area contributed by atoms with Crippen LogP contribution in [0.15, 0.2) is 53.2 Å². The molecule has 0 spiro atoms. The number of aromatic nitrogens is 2. The van der Waals surface area contributed by atoms with Gasteiger partial charge in [0.2, 0.25) is 5.88 Å². The third-order valence-corrected chi connectivity index (χ3v) is 3.84. The number of carbonyl (C=O) groups excluding carboxylic acids is 1. The molecule has 0 radical (unpaired) electrons. The smallest absolute Gasteiger partial charge is 0.253 e. The number of carbonyl (C=O) groups is 1. The van der Waals surface area contributed by atoms with E-state index in [1.165, 1.54) is 6.20 Å². The maximum Gasteiger partial charge on any atom is 0.253 e. The van der Waals surface area contributed by atoms with Gasteiger partial charge in [-0.15, -0.1) is 0 Å². The fraction of sp³-hybridized carbons (Fsp3) is 0.250. The molecule has 140 valence electrons. The summed E-state index contributed by atoms with van der Waals surface area (Å²) in [7, 11) is 0. The number of amides is 1. The second-order valence-corrected chi connectivity index (χ2v) is 6.26. The molecule has 0 saturated heterocycles. The standard InChI is InChI=1S/C20H21N3O4/c1-13(2)22-20(25)15-8-9-18(21-10-15)26-12-16-17(11-24)27-23-19(16)14-6-4-3-5-7-14/h3-10,13,24H,11-12H2,1-2H3,(H,22,25). The van der Waals surface area contributed by atoms with Crippen LogP contribution in [0.2, 0.25) is 0 Å². The summed E-state index contributed by atoms with van der Waals surface area (Å²) in [4.78, 5) is 16.1. The molecule has 0 bridgehead atoms. The van der Waals surface area contributed by atoms with E-state index in [-0.39, 0.29) is 25.2 Å². The van der Waals surface area contributed by atoms with Crippen molar-refractivity contribution < 1.29 is 19.2 Å². The first-order valence-corrected chi connectivity index (χ1v) is 8.62. The van der Waals surface area contributed by atoms with Crippen molar-refractivity contribution in [3.8, 4) is 17.1 Å². The Hall–Kier alpha value is -3.19. The number of pyridine rings is 1. The number of hydrogen-bond acceptors (Lipinski definition) is 6. The second-order valence-electron chi connectivity index (χ2n) is 6.26. The van der Waals surface area contributed by atoms with Gasteiger partial charge in [0.25, 0.3) is 5.91 Å². The number of aliphatic hydroxyl groups excluding tert-OH is 1. The van der Waals surface area contributed by atoms with Crippen LogP contribution < -0.4 is 10.1 Å². The first kappa shape index (κ1) is 18.6. The van der Waals surface area contributed by atoms with Crippen molar-refractivity contribution in [2.45, 2.75) is 33.1 Å². The first-order valence-electron chi connectivity index (χ1n) is 8.62. The summed E-state index contributed by atoms with van der Waals surface area (Å²) in [5.41, 5.74) is 2.61. The Bertz CT molecular complexity index is 889. The third kappa shape index (κ3) is 4.51. The normalized spacial score (nSPS) is 10.8. The average molecular weight is 367 g/mol. The molecular weight excluding hydrogens is 346 g/mol. The molecule has 3 aromatic rings. The lowest BCUT2D eigenvalue weighted by atomic mass is 10.1. The van der Waals surface area contributed by atoms with Crippen LogP contribution in [0, 0.1) is 0 Å². The summed E-state index contributed by atoms with van der Waals surface area (Å²) in [5, 5.41) is 16.3. The molecule has 2 N–H and O–H groups in total. The van der Waals surface area contributed by atoms with Crippen molar-refractivity contribution in [1.82, 2.24) is 15.5 Å². The maximum atomic E-state index is 12.0. The molecule has 27 heavy (non-hydrogen) atoms.